The second kappa shape index (κ2) is 10.8. The van der Waals surface area contributed by atoms with Crippen LogP contribution in [0.15, 0.2) is 66.9 Å². The van der Waals surface area contributed by atoms with Gasteiger partial charge in [0, 0.05) is 18.2 Å². The second-order valence-electron chi connectivity index (χ2n) is 12.7. The highest BCUT2D eigenvalue weighted by Crippen LogP contribution is 2.58. The minimum Gasteiger partial charge on any atom is -0.341 e. The van der Waals surface area contributed by atoms with Crippen LogP contribution in [-0.4, -0.2) is 35.0 Å². The third-order valence-corrected chi connectivity index (χ3v) is 10.1. The van der Waals surface area contributed by atoms with Crippen LogP contribution in [0.3, 0.4) is 0 Å². The van der Waals surface area contributed by atoms with Gasteiger partial charge in [-0.3, -0.25) is 4.79 Å². The molecule has 2 saturated heterocycles. The number of anilines is 1. The summed E-state index contributed by atoms with van der Waals surface area (Å²) in [5.74, 6) is 2.43. The average Bonchev–Trinajstić information content (AvgIpc) is 3.86. The molecule has 3 fully saturated rings. The summed E-state index contributed by atoms with van der Waals surface area (Å²) in [4.78, 5) is 20.8. The van der Waals surface area contributed by atoms with E-state index in [1.54, 1.807) is 11.1 Å². The fourth-order valence-electron chi connectivity index (χ4n) is 8.03. The number of benzene rings is 3. The van der Waals surface area contributed by atoms with Crippen LogP contribution in [0.25, 0.3) is 33.5 Å². The van der Waals surface area contributed by atoms with E-state index in [0.29, 0.717) is 30.3 Å². The molecule has 4 N–H and O–H groups in total. The normalized spacial score (nSPS) is 24.3. The van der Waals surface area contributed by atoms with Crippen LogP contribution >= 0.6 is 0 Å². The van der Waals surface area contributed by atoms with Gasteiger partial charge in [-0.1, -0.05) is 48.5 Å². The van der Waals surface area contributed by atoms with E-state index in [0.717, 1.165) is 49.6 Å². The highest BCUT2D eigenvalue weighted by Gasteiger charge is 2.40. The first kappa shape index (κ1) is 25.9. The SMILES string of the molecule is O=C(CC1CCCN1)Nc1ccc(-c2ccc(-c3ccc(-c4cnc([C@@H]5CCCN5)[nH]4)cc3)c3c2C2CCC3C2)cc1. The van der Waals surface area contributed by atoms with Crippen molar-refractivity contribution < 1.29 is 4.79 Å². The number of rotatable bonds is 7. The lowest BCUT2D eigenvalue weighted by atomic mass is 9.81. The van der Waals surface area contributed by atoms with E-state index < -0.39 is 0 Å². The standard InChI is InChI=1S/C36H39N5O/c42-33(20-28-3-1-17-37-28)40-27-13-11-23(12-14-27)30-16-15-29(34-25-9-10-26(19-25)35(30)34)22-5-7-24(8-6-22)32-21-39-36(41-32)31-4-2-18-38-31/h5-8,11-16,21,25-26,28,31,37-38H,1-4,9-10,17-20H2,(H,39,41)(H,40,42)/t25?,26?,28?,31-/m0/s1. The fraction of sp³-hybridized carbons (Fsp3) is 0.389. The molecule has 214 valence electrons. The Morgan fingerprint density at radius 2 is 1.40 bits per heavy atom. The van der Waals surface area contributed by atoms with E-state index >= 15 is 0 Å². The van der Waals surface area contributed by atoms with Crippen molar-refractivity contribution >= 4 is 11.6 Å². The lowest BCUT2D eigenvalue weighted by Gasteiger charge is -2.23. The predicted octanol–water partition coefficient (Wildman–Crippen LogP) is 7.28. The summed E-state index contributed by atoms with van der Waals surface area (Å²) in [6.07, 6.45) is 11.0. The third kappa shape index (κ3) is 4.77. The molecule has 3 heterocycles. The van der Waals surface area contributed by atoms with Gasteiger partial charge in [-0.2, -0.15) is 0 Å². The van der Waals surface area contributed by atoms with Crippen molar-refractivity contribution in [2.75, 3.05) is 18.4 Å². The molecule has 3 aromatic carbocycles. The molecule has 1 amide bonds. The number of hydrogen-bond donors (Lipinski definition) is 4. The Hall–Kier alpha value is -3.74. The molecule has 8 rings (SSSR count). The van der Waals surface area contributed by atoms with Crippen LogP contribution in [0.5, 0.6) is 0 Å². The van der Waals surface area contributed by atoms with Gasteiger partial charge in [0.1, 0.15) is 5.82 Å². The average molecular weight is 558 g/mol. The summed E-state index contributed by atoms with van der Waals surface area (Å²) in [5, 5.41) is 10.0. The smallest absolute Gasteiger partial charge is 0.225 e. The first-order valence-electron chi connectivity index (χ1n) is 15.9. The van der Waals surface area contributed by atoms with E-state index in [2.05, 4.69) is 86.6 Å². The highest BCUT2D eigenvalue weighted by molar-refractivity contribution is 5.91. The zero-order valence-electron chi connectivity index (χ0n) is 24.1. The number of aromatic nitrogens is 2. The van der Waals surface area contributed by atoms with Crippen molar-refractivity contribution in [3.05, 3.63) is 83.8 Å². The molecule has 4 atom stereocenters. The summed E-state index contributed by atoms with van der Waals surface area (Å²) in [6, 6.07) is 22.8. The number of amides is 1. The van der Waals surface area contributed by atoms with Crippen LogP contribution in [0.4, 0.5) is 5.69 Å². The van der Waals surface area contributed by atoms with Gasteiger partial charge in [-0.15, -0.1) is 0 Å². The largest absolute Gasteiger partial charge is 0.341 e. The Morgan fingerprint density at radius 1 is 0.762 bits per heavy atom. The first-order chi connectivity index (χ1) is 20.7. The van der Waals surface area contributed by atoms with Crippen LogP contribution in [-0.2, 0) is 4.79 Å². The number of nitrogens with zero attached hydrogens (tertiary/aromatic N) is 1. The maximum Gasteiger partial charge on any atom is 0.225 e. The summed E-state index contributed by atoms with van der Waals surface area (Å²) in [5.41, 5.74) is 11.5. The van der Waals surface area contributed by atoms with Crippen molar-refractivity contribution in [2.45, 2.75) is 75.3 Å². The minimum atomic E-state index is 0.0921. The molecule has 4 aliphatic rings. The van der Waals surface area contributed by atoms with Crippen LogP contribution in [0.1, 0.15) is 86.2 Å². The van der Waals surface area contributed by atoms with Crippen molar-refractivity contribution in [1.82, 2.24) is 20.6 Å². The zero-order chi connectivity index (χ0) is 28.0. The van der Waals surface area contributed by atoms with Gasteiger partial charge in [-0.25, -0.2) is 4.98 Å². The van der Waals surface area contributed by atoms with E-state index in [1.165, 1.54) is 53.5 Å². The van der Waals surface area contributed by atoms with Gasteiger partial charge in [0.05, 0.1) is 17.9 Å². The summed E-state index contributed by atoms with van der Waals surface area (Å²) >= 11 is 0. The molecule has 1 saturated carbocycles. The Morgan fingerprint density at radius 3 is 2.05 bits per heavy atom. The number of nitrogens with one attached hydrogen (secondary N) is 4. The molecule has 2 aliphatic heterocycles. The first-order valence-corrected chi connectivity index (χ1v) is 15.9. The lowest BCUT2D eigenvalue weighted by molar-refractivity contribution is -0.116. The lowest BCUT2D eigenvalue weighted by Crippen LogP contribution is -2.27. The number of carbonyl (C=O) groups excluding carboxylic acids is 1. The molecular weight excluding hydrogens is 518 g/mol. The predicted molar refractivity (Wildman–Crippen MR) is 168 cm³/mol. The molecule has 3 unspecified atom stereocenters. The highest BCUT2D eigenvalue weighted by atomic mass is 16.1. The fourth-order valence-corrected chi connectivity index (χ4v) is 8.03. The Balaban J connectivity index is 1.04. The number of imidazole rings is 1. The van der Waals surface area contributed by atoms with E-state index in [1.807, 2.05) is 6.20 Å². The molecule has 6 heteroatoms. The summed E-state index contributed by atoms with van der Waals surface area (Å²) < 4.78 is 0. The Bertz CT molecular complexity index is 1590. The molecule has 0 radical (unpaired) electrons. The quantitative estimate of drug-likeness (QED) is 0.192. The molecular formula is C36H39N5O. The van der Waals surface area contributed by atoms with Crippen molar-refractivity contribution in [3.63, 3.8) is 0 Å². The molecule has 2 aliphatic carbocycles. The van der Waals surface area contributed by atoms with Crippen molar-refractivity contribution in [2.24, 2.45) is 0 Å². The molecule has 0 spiro atoms. The Labute approximate surface area is 247 Å². The molecule has 6 nitrogen and oxygen atoms in total. The van der Waals surface area contributed by atoms with Crippen LogP contribution < -0.4 is 16.0 Å². The van der Waals surface area contributed by atoms with E-state index in [-0.39, 0.29) is 5.91 Å². The molecule has 2 bridgehead atoms. The number of aromatic amines is 1. The van der Waals surface area contributed by atoms with Gasteiger partial charge in [0.15, 0.2) is 0 Å². The van der Waals surface area contributed by atoms with Crippen LogP contribution in [0, 0.1) is 0 Å². The summed E-state index contributed by atoms with van der Waals surface area (Å²) in [6.45, 7) is 2.09. The van der Waals surface area contributed by atoms with E-state index in [4.69, 9.17) is 0 Å². The van der Waals surface area contributed by atoms with Crippen LogP contribution in [0.2, 0.25) is 0 Å². The van der Waals surface area contributed by atoms with Gasteiger partial charge in [0.2, 0.25) is 5.91 Å². The van der Waals surface area contributed by atoms with Gasteiger partial charge in [-0.05, 0) is 121 Å². The van der Waals surface area contributed by atoms with Gasteiger partial charge >= 0.3 is 0 Å². The number of H-pyrrole nitrogens is 1. The molecule has 1 aromatic heterocycles. The minimum absolute atomic E-state index is 0.0921. The summed E-state index contributed by atoms with van der Waals surface area (Å²) in [7, 11) is 0. The maximum absolute atomic E-state index is 12.5. The number of carbonyl (C=O) groups is 1. The molecule has 42 heavy (non-hydrogen) atoms. The number of hydrogen-bond acceptors (Lipinski definition) is 4. The van der Waals surface area contributed by atoms with Gasteiger partial charge < -0.3 is 20.9 Å². The van der Waals surface area contributed by atoms with Gasteiger partial charge in [0.25, 0.3) is 0 Å². The monoisotopic (exact) mass is 557 g/mol. The van der Waals surface area contributed by atoms with Crippen molar-refractivity contribution in [3.8, 4) is 33.5 Å². The number of fused-ring (bicyclic) bond motifs is 5. The topological polar surface area (TPSA) is 81.8 Å². The Kier molecular flexibility index (Phi) is 6.69. The van der Waals surface area contributed by atoms with E-state index in [9.17, 15) is 4.79 Å². The second-order valence-corrected chi connectivity index (χ2v) is 12.7. The third-order valence-electron chi connectivity index (χ3n) is 10.1. The zero-order valence-corrected chi connectivity index (χ0v) is 24.1. The molecule has 4 aromatic rings. The van der Waals surface area contributed by atoms with Crippen molar-refractivity contribution in [1.29, 1.82) is 0 Å². The maximum atomic E-state index is 12.5.